The Balaban J connectivity index is 1.14. The second-order valence-corrected chi connectivity index (χ2v) is 11.2. The third kappa shape index (κ3) is 6.51. The molecule has 1 N–H and O–H groups in total. The van der Waals surface area contributed by atoms with Crippen LogP contribution in [0.15, 0.2) is 97.6 Å². The van der Waals surface area contributed by atoms with Crippen molar-refractivity contribution in [3.63, 3.8) is 0 Å². The van der Waals surface area contributed by atoms with Gasteiger partial charge in [-0.1, -0.05) is 42.8 Å². The fourth-order valence-corrected chi connectivity index (χ4v) is 5.77. The lowest BCUT2D eigenvalue weighted by atomic mass is 10.1. The van der Waals surface area contributed by atoms with E-state index in [1.807, 2.05) is 100 Å². The zero-order valence-electron chi connectivity index (χ0n) is 25.3. The molecule has 5 heterocycles. The number of pyridine rings is 1. The first-order chi connectivity index (χ1) is 22.2. The molecule has 4 aromatic heterocycles. The Bertz CT molecular complexity index is 1880. The topological polar surface area (TPSA) is 94.6 Å². The number of anilines is 2. The molecule has 0 unspecified atom stereocenters. The molecule has 10 heteroatoms. The second kappa shape index (κ2) is 13.2. The van der Waals surface area contributed by atoms with E-state index >= 15 is 0 Å². The molecule has 0 atom stereocenters. The number of rotatable bonds is 11. The number of hydrogen-bond donors (Lipinski definition) is 1. The van der Waals surface area contributed by atoms with E-state index in [1.165, 1.54) is 32.4 Å². The van der Waals surface area contributed by atoms with Crippen LogP contribution in [0, 0.1) is 0 Å². The molecule has 6 aromatic rings. The smallest absolute Gasteiger partial charge is 0.227 e. The molecule has 0 radical (unpaired) electrons. The van der Waals surface area contributed by atoms with Crippen LogP contribution in [0.2, 0.25) is 0 Å². The monoisotopic (exact) mass is 600 g/mol. The lowest BCUT2D eigenvalue weighted by molar-refractivity contribution is 0.218. The summed E-state index contributed by atoms with van der Waals surface area (Å²) in [5.41, 5.74) is 6.01. The van der Waals surface area contributed by atoms with Crippen LogP contribution in [-0.2, 0) is 13.2 Å². The van der Waals surface area contributed by atoms with Crippen molar-refractivity contribution in [2.45, 2.75) is 32.4 Å². The minimum Gasteiger partial charge on any atom is -0.493 e. The number of nitrogens with zero attached hydrogens (tertiary/aromatic N) is 7. The standard InChI is InChI=1S/C35H36N8O2/c1-44-31-22-27(13-14-30(31)45-25-26-10-4-2-5-11-26)33-34(43-19-9-6-12-32(43)40-33)29-15-16-36-35(39-29)38-28-23-37-42(24-28)21-20-41-17-7-3-8-18-41/h2,4-6,9-16,19,22-24H,3,7-8,17-18,20-21,25H2,1H3,(H,36,38,39). The van der Waals surface area contributed by atoms with E-state index in [0.717, 1.165) is 52.6 Å². The first kappa shape index (κ1) is 28.5. The predicted octanol–water partition coefficient (Wildman–Crippen LogP) is 6.47. The SMILES string of the molecule is COc1cc(-c2nc3ccccn3c2-c2ccnc(Nc3cnn(CCN4CCCCC4)c3)n2)ccc1OCc1ccccc1. The zero-order valence-corrected chi connectivity index (χ0v) is 25.3. The Kier molecular flexibility index (Phi) is 8.37. The summed E-state index contributed by atoms with van der Waals surface area (Å²) in [6, 6.07) is 23.8. The van der Waals surface area contributed by atoms with Gasteiger partial charge in [-0.3, -0.25) is 9.08 Å². The van der Waals surface area contributed by atoms with Crippen molar-refractivity contribution in [2.75, 3.05) is 32.1 Å². The highest BCUT2D eigenvalue weighted by atomic mass is 16.5. The van der Waals surface area contributed by atoms with Crippen LogP contribution in [0.4, 0.5) is 11.6 Å². The highest BCUT2D eigenvalue weighted by Crippen LogP contribution is 2.37. The van der Waals surface area contributed by atoms with Crippen LogP contribution in [0.3, 0.4) is 0 Å². The summed E-state index contributed by atoms with van der Waals surface area (Å²) >= 11 is 0. The number of methoxy groups -OCH3 is 1. The number of likely N-dealkylation sites (tertiary alicyclic amines) is 1. The van der Waals surface area contributed by atoms with Gasteiger partial charge in [0, 0.05) is 30.7 Å². The molecule has 0 amide bonds. The van der Waals surface area contributed by atoms with Crippen LogP contribution in [0.1, 0.15) is 24.8 Å². The largest absolute Gasteiger partial charge is 0.493 e. The summed E-state index contributed by atoms with van der Waals surface area (Å²) in [6.07, 6.45) is 11.5. The van der Waals surface area contributed by atoms with Gasteiger partial charge in [-0.05, 0) is 67.9 Å². The quantitative estimate of drug-likeness (QED) is 0.181. The molecule has 228 valence electrons. The van der Waals surface area contributed by atoms with Crippen LogP contribution in [0.5, 0.6) is 11.5 Å². The predicted molar refractivity (Wildman–Crippen MR) is 175 cm³/mol. The number of ether oxygens (including phenoxy) is 2. The lowest BCUT2D eigenvalue weighted by Crippen LogP contribution is -2.32. The third-order valence-electron chi connectivity index (χ3n) is 8.09. The van der Waals surface area contributed by atoms with E-state index in [2.05, 4.69) is 20.3 Å². The Labute approximate surface area is 262 Å². The summed E-state index contributed by atoms with van der Waals surface area (Å²) in [5, 5.41) is 7.89. The molecule has 1 aliphatic rings. The summed E-state index contributed by atoms with van der Waals surface area (Å²) < 4.78 is 15.9. The number of piperidine rings is 1. The molecule has 0 aliphatic carbocycles. The number of fused-ring (bicyclic) bond motifs is 1. The number of aromatic nitrogens is 6. The molecule has 1 aliphatic heterocycles. The van der Waals surface area contributed by atoms with E-state index in [-0.39, 0.29) is 0 Å². The zero-order chi connectivity index (χ0) is 30.4. The molecule has 1 fully saturated rings. The minimum atomic E-state index is 0.449. The van der Waals surface area contributed by atoms with E-state index in [1.54, 1.807) is 13.3 Å². The third-order valence-corrected chi connectivity index (χ3v) is 8.09. The maximum absolute atomic E-state index is 6.11. The van der Waals surface area contributed by atoms with Crippen molar-refractivity contribution in [1.82, 2.24) is 34.0 Å². The van der Waals surface area contributed by atoms with Crippen LogP contribution >= 0.6 is 0 Å². The van der Waals surface area contributed by atoms with Crippen LogP contribution in [-0.4, -0.2) is 60.8 Å². The van der Waals surface area contributed by atoms with Gasteiger partial charge >= 0.3 is 0 Å². The molecule has 2 aromatic carbocycles. The Hall–Kier alpha value is -5.22. The van der Waals surface area contributed by atoms with Gasteiger partial charge in [0.2, 0.25) is 5.95 Å². The van der Waals surface area contributed by atoms with E-state index in [4.69, 9.17) is 19.4 Å². The molecule has 10 nitrogen and oxygen atoms in total. The van der Waals surface area contributed by atoms with E-state index in [0.29, 0.717) is 24.1 Å². The summed E-state index contributed by atoms with van der Waals surface area (Å²) in [4.78, 5) is 16.9. The molecule has 45 heavy (non-hydrogen) atoms. The fraction of sp³-hybridized carbons (Fsp3) is 0.257. The first-order valence-corrected chi connectivity index (χ1v) is 15.4. The molecular weight excluding hydrogens is 564 g/mol. The van der Waals surface area contributed by atoms with Gasteiger partial charge in [0.1, 0.15) is 12.3 Å². The molecule has 0 bridgehead atoms. The Morgan fingerprint density at radius 3 is 2.60 bits per heavy atom. The minimum absolute atomic E-state index is 0.449. The lowest BCUT2D eigenvalue weighted by Gasteiger charge is -2.26. The maximum Gasteiger partial charge on any atom is 0.227 e. The second-order valence-electron chi connectivity index (χ2n) is 11.2. The number of imidazole rings is 1. The maximum atomic E-state index is 6.11. The molecule has 0 saturated carbocycles. The van der Waals surface area contributed by atoms with Gasteiger partial charge < -0.3 is 19.7 Å². The van der Waals surface area contributed by atoms with Gasteiger partial charge in [-0.2, -0.15) is 5.10 Å². The number of nitrogens with one attached hydrogen (secondary N) is 1. The first-order valence-electron chi connectivity index (χ1n) is 15.4. The van der Waals surface area contributed by atoms with Crippen LogP contribution < -0.4 is 14.8 Å². The highest BCUT2D eigenvalue weighted by Gasteiger charge is 2.20. The molecule has 1 saturated heterocycles. The van der Waals surface area contributed by atoms with Gasteiger partial charge in [0.15, 0.2) is 11.5 Å². The molecule has 0 spiro atoms. The average molecular weight is 601 g/mol. The fourth-order valence-electron chi connectivity index (χ4n) is 5.77. The van der Waals surface area contributed by atoms with E-state index < -0.39 is 0 Å². The molecular formula is C35H36N8O2. The average Bonchev–Trinajstić information content (AvgIpc) is 3.72. The van der Waals surface area contributed by atoms with Gasteiger partial charge in [-0.15, -0.1) is 0 Å². The van der Waals surface area contributed by atoms with Crippen molar-refractivity contribution >= 4 is 17.3 Å². The highest BCUT2D eigenvalue weighted by molar-refractivity contribution is 5.81. The van der Waals surface area contributed by atoms with Gasteiger partial charge in [-0.25, -0.2) is 15.0 Å². The van der Waals surface area contributed by atoms with Crippen LogP contribution in [0.25, 0.3) is 28.3 Å². The Morgan fingerprint density at radius 2 is 1.73 bits per heavy atom. The van der Waals surface area contributed by atoms with Crippen molar-refractivity contribution in [3.8, 4) is 34.1 Å². The van der Waals surface area contributed by atoms with Gasteiger partial charge in [0.25, 0.3) is 0 Å². The van der Waals surface area contributed by atoms with E-state index in [9.17, 15) is 0 Å². The normalized spacial score (nSPS) is 13.6. The summed E-state index contributed by atoms with van der Waals surface area (Å²) in [5.74, 6) is 1.79. The summed E-state index contributed by atoms with van der Waals surface area (Å²) in [7, 11) is 1.65. The summed E-state index contributed by atoms with van der Waals surface area (Å²) in [6.45, 7) is 4.67. The van der Waals surface area contributed by atoms with Crippen molar-refractivity contribution in [1.29, 1.82) is 0 Å². The molecule has 7 rings (SSSR count). The van der Waals surface area contributed by atoms with Gasteiger partial charge in [0.05, 0.1) is 42.6 Å². The van der Waals surface area contributed by atoms with Crippen molar-refractivity contribution < 1.29 is 9.47 Å². The Morgan fingerprint density at radius 1 is 0.867 bits per heavy atom. The number of hydrogen-bond acceptors (Lipinski definition) is 8. The number of benzene rings is 2. The van der Waals surface area contributed by atoms with Crippen molar-refractivity contribution in [3.05, 3.63) is 103 Å². The van der Waals surface area contributed by atoms with Crippen molar-refractivity contribution in [2.24, 2.45) is 0 Å².